The molecule has 9 heteroatoms. The summed E-state index contributed by atoms with van der Waals surface area (Å²) in [4.78, 5) is 25.2. The molecular weight excluding hydrogens is 440 g/mol. The summed E-state index contributed by atoms with van der Waals surface area (Å²) in [6.45, 7) is 1.66. The first kappa shape index (κ1) is 23.1. The molecule has 1 fully saturated rings. The Kier molecular flexibility index (Phi) is 7.20. The average Bonchev–Trinajstić information content (AvgIpc) is 2.85. The molecule has 33 heavy (non-hydrogen) atoms. The Hall–Kier alpha value is -3.04. The van der Waals surface area contributed by atoms with E-state index in [2.05, 4.69) is 10.4 Å². The van der Waals surface area contributed by atoms with Gasteiger partial charge in [-0.1, -0.05) is 48.5 Å². The van der Waals surface area contributed by atoms with Crippen molar-refractivity contribution < 1.29 is 18.0 Å². The van der Waals surface area contributed by atoms with Crippen LogP contribution >= 0.6 is 0 Å². The van der Waals surface area contributed by atoms with Crippen molar-refractivity contribution in [2.75, 3.05) is 19.6 Å². The molecule has 2 heterocycles. The summed E-state index contributed by atoms with van der Waals surface area (Å²) < 4.78 is 27.0. The van der Waals surface area contributed by atoms with E-state index in [1.807, 2.05) is 30.3 Å². The second kappa shape index (κ2) is 10.3. The van der Waals surface area contributed by atoms with Gasteiger partial charge in [-0.25, -0.2) is 13.4 Å². The van der Waals surface area contributed by atoms with E-state index in [0.29, 0.717) is 56.0 Å². The van der Waals surface area contributed by atoms with Gasteiger partial charge in [-0.05, 0) is 36.5 Å². The molecule has 0 aromatic heterocycles. The second-order valence-electron chi connectivity index (χ2n) is 8.35. The number of carbonyl (C=O) groups is 2. The maximum absolute atomic E-state index is 12.8. The van der Waals surface area contributed by atoms with Crippen LogP contribution in [0.15, 0.2) is 70.7 Å². The summed E-state index contributed by atoms with van der Waals surface area (Å²) in [5.41, 5.74) is 1.31. The highest BCUT2D eigenvalue weighted by molar-refractivity contribution is 7.89. The second-order valence-corrected chi connectivity index (χ2v) is 10.3. The summed E-state index contributed by atoms with van der Waals surface area (Å²) in [5, 5.41) is 8.59. The van der Waals surface area contributed by atoms with Crippen molar-refractivity contribution in [3.63, 3.8) is 0 Å². The number of rotatable bonds is 7. The first-order valence-corrected chi connectivity index (χ1v) is 12.6. The lowest BCUT2D eigenvalue weighted by Gasteiger charge is -2.31. The normalized spacial score (nSPS) is 18.1. The summed E-state index contributed by atoms with van der Waals surface area (Å²) >= 11 is 0. The van der Waals surface area contributed by atoms with Gasteiger partial charge in [-0.15, -0.1) is 0 Å². The number of piperidine rings is 1. The zero-order valence-electron chi connectivity index (χ0n) is 18.4. The van der Waals surface area contributed by atoms with Crippen LogP contribution in [-0.2, 0) is 26.2 Å². The van der Waals surface area contributed by atoms with Gasteiger partial charge in [0.1, 0.15) is 5.71 Å². The minimum absolute atomic E-state index is 0.0950. The third-order valence-corrected chi connectivity index (χ3v) is 7.96. The van der Waals surface area contributed by atoms with E-state index in [1.165, 1.54) is 9.31 Å². The molecule has 0 unspecified atom stereocenters. The molecule has 0 aliphatic carbocycles. The number of benzene rings is 2. The quantitative estimate of drug-likeness (QED) is 0.674. The lowest BCUT2D eigenvalue weighted by Crippen LogP contribution is -2.43. The van der Waals surface area contributed by atoms with Crippen LogP contribution in [-0.4, -0.2) is 54.9 Å². The molecule has 2 aliphatic heterocycles. The van der Waals surface area contributed by atoms with E-state index in [9.17, 15) is 18.0 Å². The van der Waals surface area contributed by atoms with E-state index in [4.69, 9.17) is 0 Å². The number of carbonyl (C=O) groups excluding carboxylic acids is 2. The maximum Gasteiger partial charge on any atom is 0.267 e. The maximum atomic E-state index is 12.8. The zero-order chi connectivity index (χ0) is 23.3. The van der Waals surface area contributed by atoms with E-state index < -0.39 is 10.0 Å². The van der Waals surface area contributed by atoms with Crippen LogP contribution in [0.1, 0.15) is 31.2 Å². The summed E-state index contributed by atoms with van der Waals surface area (Å²) in [6.07, 6.45) is 1.94. The summed E-state index contributed by atoms with van der Waals surface area (Å²) in [5.74, 6) is -0.162. The van der Waals surface area contributed by atoms with Gasteiger partial charge in [0, 0.05) is 32.5 Å². The third-order valence-electron chi connectivity index (χ3n) is 6.05. The minimum Gasteiger partial charge on any atom is -0.351 e. The lowest BCUT2D eigenvalue weighted by atomic mass is 9.98. The number of amides is 2. The molecule has 174 valence electrons. The van der Waals surface area contributed by atoms with Crippen molar-refractivity contribution in [2.24, 2.45) is 11.0 Å². The van der Waals surface area contributed by atoms with Crippen LogP contribution in [0, 0.1) is 5.92 Å². The van der Waals surface area contributed by atoms with Crippen LogP contribution in [0.25, 0.3) is 0 Å². The van der Waals surface area contributed by atoms with Crippen LogP contribution in [0.3, 0.4) is 0 Å². The van der Waals surface area contributed by atoms with E-state index in [0.717, 1.165) is 5.56 Å². The van der Waals surface area contributed by atoms with Crippen LogP contribution in [0.5, 0.6) is 0 Å². The third kappa shape index (κ3) is 5.66. The fourth-order valence-corrected chi connectivity index (χ4v) is 5.57. The van der Waals surface area contributed by atoms with Crippen molar-refractivity contribution in [1.82, 2.24) is 14.6 Å². The number of nitrogens with zero attached hydrogens (tertiary/aromatic N) is 3. The fraction of sp³-hybridized carbons (Fsp3) is 0.375. The molecule has 2 amide bonds. The Morgan fingerprint density at radius 1 is 0.970 bits per heavy atom. The Morgan fingerprint density at radius 2 is 1.61 bits per heavy atom. The molecule has 0 radical (unpaired) electrons. The molecule has 8 nitrogen and oxygen atoms in total. The Labute approximate surface area is 194 Å². The minimum atomic E-state index is -3.48. The lowest BCUT2D eigenvalue weighted by molar-refractivity contribution is -0.132. The summed E-state index contributed by atoms with van der Waals surface area (Å²) in [7, 11) is -3.48. The molecule has 2 aliphatic rings. The number of hydrogen-bond acceptors (Lipinski definition) is 5. The molecule has 0 spiro atoms. The first-order chi connectivity index (χ1) is 15.9. The van der Waals surface area contributed by atoms with Gasteiger partial charge in [0.25, 0.3) is 5.91 Å². The van der Waals surface area contributed by atoms with E-state index in [1.54, 1.807) is 30.3 Å². The van der Waals surface area contributed by atoms with Crippen molar-refractivity contribution in [2.45, 2.75) is 37.1 Å². The predicted molar refractivity (Wildman–Crippen MR) is 125 cm³/mol. The topological polar surface area (TPSA) is 99.2 Å². The van der Waals surface area contributed by atoms with Gasteiger partial charge < -0.3 is 5.32 Å². The zero-order valence-corrected chi connectivity index (χ0v) is 19.2. The molecule has 2 aromatic rings. The largest absolute Gasteiger partial charge is 0.351 e. The van der Waals surface area contributed by atoms with Crippen LogP contribution in [0.4, 0.5) is 0 Å². The number of hydrazone groups is 1. The molecular formula is C24H28N4O4S. The van der Waals surface area contributed by atoms with Gasteiger partial charge >= 0.3 is 0 Å². The van der Waals surface area contributed by atoms with E-state index in [-0.39, 0.29) is 24.2 Å². The predicted octanol–water partition coefficient (Wildman–Crippen LogP) is 2.38. The van der Waals surface area contributed by atoms with Crippen LogP contribution in [0.2, 0.25) is 0 Å². The molecule has 0 bridgehead atoms. The smallest absolute Gasteiger partial charge is 0.267 e. The van der Waals surface area contributed by atoms with Crippen molar-refractivity contribution >= 4 is 27.5 Å². The highest BCUT2D eigenvalue weighted by Crippen LogP contribution is 2.23. The van der Waals surface area contributed by atoms with Crippen molar-refractivity contribution in [3.05, 3.63) is 66.2 Å². The van der Waals surface area contributed by atoms with Gasteiger partial charge in [0.2, 0.25) is 15.9 Å². The number of nitrogens with one attached hydrogen (secondary N) is 1. The molecule has 0 saturated carbocycles. The highest BCUT2D eigenvalue weighted by Gasteiger charge is 2.30. The molecule has 0 atom stereocenters. The van der Waals surface area contributed by atoms with Crippen molar-refractivity contribution in [3.8, 4) is 0 Å². The highest BCUT2D eigenvalue weighted by atomic mass is 32.2. The average molecular weight is 469 g/mol. The number of hydrogen-bond donors (Lipinski definition) is 1. The Balaban J connectivity index is 1.29. The first-order valence-electron chi connectivity index (χ1n) is 11.2. The van der Waals surface area contributed by atoms with Gasteiger partial charge in [-0.2, -0.15) is 9.41 Å². The van der Waals surface area contributed by atoms with E-state index >= 15 is 0 Å². The standard InChI is InChI=1S/C24H28N4O4S/c29-23-12-11-22(26-28(23)18-20-7-3-1-4-8-20)24(30)25-17-19-13-15-27(16-14-19)33(31,32)21-9-5-2-6-10-21/h1-10,19H,11-18H2,(H,25,30). The molecule has 1 saturated heterocycles. The monoisotopic (exact) mass is 468 g/mol. The number of sulfonamides is 1. The van der Waals surface area contributed by atoms with Crippen molar-refractivity contribution in [1.29, 1.82) is 0 Å². The molecule has 2 aromatic carbocycles. The fourth-order valence-electron chi connectivity index (χ4n) is 4.08. The van der Waals surface area contributed by atoms with Crippen LogP contribution < -0.4 is 5.32 Å². The Morgan fingerprint density at radius 3 is 2.27 bits per heavy atom. The van der Waals surface area contributed by atoms with Gasteiger partial charge in [0.05, 0.1) is 11.4 Å². The molecule has 4 rings (SSSR count). The SMILES string of the molecule is O=C(NCC1CCN(S(=O)(=O)c2ccccc2)CC1)C1=NN(Cc2ccccc2)C(=O)CC1. The summed E-state index contributed by atoms with van der Waals surface area (Å²) in [6, 6.07) is 18.0. The van der Waals surface area contributed by atoms with Gasteiger partial charge in [0.15, 0.2) is 0 Å². The Bertz CT molecular complexity index is 1110. The van der Waals surface area contributed by atoms with Gasteiger partial charge in [-0.3, -0.25) is 9.59 Å². The molecule has 1 N–H and O–H groups in total.